The number of benzene rings is 1. The highest BCUT2D eigenvalue weighted by molar-refractivity contribution is 7.98. The van der Waals surface area contributed by atoms with Gasteiger partial charge in [-0.15, -0.1) is 0 Å². The van der Waals surface area contributed by atoms with Crippen molar-refractivity contribution in [2.75, 3.05) is 5.32 Å². The van der Waals surface area contributed by atoms with Crippen molar-refractivity contribution >= 4 is 17.6 Å². The van der Waals surface area contributed by atoms with Crippen LogP contribution in [0.2, 0.25) is 0 Å². The first kappa shape index (κ1) is 8.00. The van der Waals surface area contributed by atoms with Crippen LogP contribution in [0.15, 0.2) is 47.5 Å². The smallest absolute Gasteiger partial charge is 0.0563 e. The lowest BCUT2D eigenvalue weighted by Crippen LogP contribution is -1.98. The second-order valence-corrected chi connectivity index (χ2v) is 4.28. The Hall–Kier alpha value is -1.35. The number of aromatic nitrogens is 1. The van der Waals surface area contributed by atoms with Crippen LogP contribution < -0.4 is 5.32 Å². The number of fused-ring (bicyclic) bond motifs is 2. The average Bonchev–Trinajstić information content (AvgIpc) is 2.58. The van der Waals surface area contributed by atoms with Gasteiger partial charge in [0.05, 0.1) is 11.4 Å². The molecule has 0 amide bonds. The first-order chi connectivity index (χ1) is 6.93. The Kier molecular flexibility index (Phi) is 1.77. The van der Waals surface area contributed by atoms with E-state index in [2.05, 4.69) is 51.9 Å². The van der Waals surface area contributed by atoms with Crippen LogP contribution in [0.3, 0.4) is 0 Å². The Bertz CT molecular complexity index is 462. The topological polar surface area (TPSA) is 17.0 Å². The third kappa shape index (κ3) is 1.21. The standard InChI is InChI=1S/C11H10N2S/c1-2-6-11-10(5-1)12-8-9-4-3-7-13(9)14-11/h1-7,12H,8H2. The Balaban J connectivity index is 2.10. The first-order valence-electron chi connectivity index (χ1n) is 4.61. The van der Waals surface area contributed by atoms with E-state index in [0.717, 1.165) is 6.54 Å². The summed E-state index contributed by atoms with van der Waals surface area (Å²) in [5.74, 6) is 0. The molecule has 0 unspecified atom stereocenters. The van der Waals surface area contributed by atoms with Gasteiger partial charge in [0.25, 0.3) is 0 Å². The number of rotatable bonds is 0. The predicted octanol–water partition coefficient (Wildman–Crippen LogP) is 2.97. The van der Waals surface area contributed by atoms with Crippen LogP contribution in [0.25, 0.3) is 0 Å². The molecule has 1 aromatic carbocycles. The number of anilines is 1. The Morgan fingerprint density at radius 1 is 1.14 bits per heavy atom. The van der Waals surface area contributed by atoms with Gasteiger partial charge in [-0.3, -0.25) is 3.97 Å². The number of hydrogen-bond acceptors (Lipinski definition) is 2. The maximum Gasteiger partial charge on any atom is 0.0563 e. The molecule has 3 rings (SSSR count). The normalized spacial score (nSPS) is 13.7. The van der Waals surface area contributed by atoms with Crippen molar-refractivity contribution in [2.24, 2.45) is 0 Å². The summed E-state index contributed by atoms with van der Waals surface area (Å²) in [4.78, 5) is 1.28. The van der Waals surface area contributed by atoms with E-state index in [0.29, 0.717) is 0 Å². The minimum atomic E-state index is 0.900. The zero-order chi connectivity index (χ0) is 9.38. The predicted molar refractivity (Wildman–Crippen MR) is 59.5 cm³/mol. The maximum absolute atomic E-state index is 3.43. The van der Waals surface area contributed by atoms with Crippen molar-refractivity contribution in [3.8, 4) is 0 Å². The molecule has 1 N–H and O–H groups in total. The van der Waals surface area contributed by atoms with Gasteiger partial charge >= 0.3 is 0 Å². The molecule has 0 saturated carbocycles. The summed E-state index contributed by atoms with van der Waals surface area (Å²) in [5, 5.41) is 3.43. The summed E-state index contributed by atoms with van der Waals surface area (Å²) in [6.45, 7) is 0.900. The molecule has 2 aromatic rings. The molecular formula is C11H10N2S. The zero-order valence-corrected chi connectivity index (χ0v) is 8.42. The lowest BCUT2D eigenvalue weighted by molar-refractivity contribution is 1.05. The van der Waals surface area contributed by atoms with Crippen LogP contribution in [0.5, 0.6) is 0 Å². The monoisotopic (exact) mass is 202 g/mol. The second-order valence-electron chi connectivity index (χ2n) is 3.27. The van der Waals surface area contributed by atoms with Crippen LogP contribution in [-0.4, -0.2) is 3.97 Å². The molecule has 0 bridgehead atoms. The van der Waals surface area contributed by atoms with Gasteiger partial charge in [0.15, 0.2) is 0 Å². The molecule has 0 fully saturated rings. The largest absolute Gasteiger partial charge is 0.378 e. The number of nitrogens with zero attached hydrogens (tertiary/aromatic N) is 1. The fourth-order valence-electron chi connectivity index (χ4n) is 1.61. The summed E-state index contributed by atoms with van der Waals surface area (Å²) < 4.78 is 2.21. The van der Waals surface area contributed by atoms with Crippen LogP contribution in [0.1, 0.15) is 5.69 Å². The van der Waals surface area contributed by atoms with E-state index in [1.54, 1.807) is 11.9 Å². The fraction of sp³-hybridized carbons (Fsp3) is 0.0909. The lowest BCUT2D eigenvalue weighted by atomic mass is 10.3. The third-order valence-corrected chi connectivity index (χ3v) is 3.44. The maximum atomic E-state index is 3.43. The molecule has 0 aliphatic carbocycles. The summed E-state index contributed by atoms with van der Waals surface area (Å²) >= 11 is 1.76. The van der Waals surface area contributed by atoms with E-state index in [1.165, 1.54) is 16.3 Å². The van der Waals surface area contributed by atoms with Crippen LogP contribution in [0, 0.1) is 0 Å². The van der Waals surface area contributed by atoms with Crippen LogP contribution in [-0.2, 0) is 6.54 Å². The van der Waals surface area contributed by atoms with Gasteiger partial charge in [-0.1, -0.05) is 12.1 Å². The van der Waals surface area contributed by atoms with E-state index >= 15 is 0 Å². The molecule has 2 nitrogen and oxygen atoms in total. The van der Waals surface area contributed by atoms with Gasteiger partial charge in [-0.05, 0) is 36.2 Å². The Labute approximate surface area is 87.1 Å². The molecule has 70 valence electrons. The Morgan fingerprint density at radius 3 is 3.07 bits per heavy atom. The van der Waals surface area contributed by atoms with Crippen LogP contribution in [0.4, 0.5) is 5.69 Å². The summed E-state index contributed by atoms with van der Waals surface area (Å²) in [5.41, 5.74) is 2.53. The summed E-state index contributed by atoms with van der Waals surface area (Å²) in [7, 11) is 0. The van der Waals surface area contributed by atoms with Gasteiger partial charge < -0.3 is 5.32 Å². The van der Waals surface area contributed by atoms with E-state index in [1.807, 2.05) is 0 Å². The van der Waals surface area contributed by atoms with Crippen molar-refractivity contribution < 1.29 is 0 Å². The molecule has 1 aliphatic rings. The minimum absolute atomic E-state index is 0.900. The van der Waals surface area contributed by atoms with Gasteiger partial charge in [-0.25, -0.2) is 0 Å². The van der Waals surface area contributed by atoms with E-state index in [-0.39, 0.29) is 0 Å². The van der Waals surface area contributed by atoms with Crippen molar-refractivity contribution in [2.45, 2.75) is 11.4 Å². The minimum Gasteiger partial charge on any atom is -0.378 e. The van der Waals surface area contributed by atoms with E-state index < -0.39 is 0 Å². The molecule has 0 radical (unpaired) electrons. The molecule has 0 atom stereocenters. The highest BCUT2D eigenvalue weighted by Gasteiger charge is 2.10. The molecular weight excluding hydrogens is 192 g/mol. The van der Waals surface area contributed by atoms with E-state index in [4.69, 9.17) is 0 Å². The summed E-state index contributed by atoms with van der Waals surface area (Å²) in [6, 6.07) is 12.6. The molecule has 2 heterocycles. The SMILES string of the molecule is c1ccc2c(c1)NCc1cccn1S2. The van der Waals surface area contributed by atoms with Crippen molar-refractivity contribution in [3.05, 3.63) is 48.3 Å². The third-order valence-electron chi connectivity index (χ3n) is 2.34. The van der Waals surface area contributed by atoms with Gasteiger partial charge in [0.2, 0.25) is 0 Å². The second kappa shape index (κ2) is 3.10. The van der Waals surface area contributed by atoms with Crippen molar-refractivity contribution in [3.63, 3.8) is 0 Å². The van der Waals surface area contributed by atoms with Gasteiger partial charge in [0, 0.05) is 17.6 Å². The molecule has 0 spiro atoms. The Morgan fingerprint density at radius 2 is 2.07 bits per heavy atom. The fourth-order valence-corrected chi connectivity index (χ4v) is 2.58. The molecule has 0 saturated heterocycles. The number of para-hydroxylation sites is 1. The van der Waals surface area contributed by atoms with Crippen molar-refractivity contribution in [1.29, 1.82) is 0 Å². The van der Waals surface area contributed by atoms with Crippen LogP contribution >= 0.6 is 11.9 Å². The lowest BCUT2D eigenvalue weighted by Gasteiger charge is -2.04. The van der Waals surface area contributed by atoms with Gasteiger partial charge in [-0.2, -0.15) is 0 Å². The number of hydrogen-bond donors (Lipinski definition) is 1. The quantitative estimate of drug-likeness (QED) is 0.707. The highest BCUT2D eigenvalue weighted by atomic mass is 32.2. The zero-order valence-electron chi connectivity index (χ0n) is 7.60. The number of nitrogens with one attached hydrogen (secondary N) is 1. The molecule has 1 aliphatic heterocycles. The average molecular weight is 202 g/mol. The summed E-state index contributed by atoms with van der Waals surface area (Å²) in [6.07, 6.45) is 2.10. The van der Waals surface area contributed by atoms with E-state index in [9.17, 15) is 0 Å². The van der Waals surface area contributed by atoms with Gasteiger partial charge in [0.1, 0.15) is 0 Å². The molecule has 3 heteroatoms. The van der Waals surface area contributed by atoms with Crippen molar-refractivity contribution in [1.82, 2.24) is 3.97 Å². The first-order valence-corrected chi connectivity index (χ1v) is 5.38. The molecule has 14 heavy (non-hydrogen) atoms. The highest BCUT2D eigenvalue weighted by Crippen LogP contribution is 2.32. The molecule has 1 aromatic heterocycles.